The number of carbonyl (C=O) groups is 1. The largest absolute Gasteiger partial charge is 0.341 e. The van der Waals surface area contributed by atoms with Crippen LogP contribution in [0.2, 0.25) is 0 Å². The molecule has 2 fully saturated rings. The van der Waals surface area contributed by atoms with E-state index >= 15 is 0 Å². The molecule has 5 heteroatoms. The van der Waals surface area contributed by atoms with Crippen molar-refractivity contribution >= 4 is 11.9 Å². The summed E-state index contributed by atoms with van der Waals surface area (Å²) in [4.78, 5) is 25.6. The first-order valence-electron chi connectivity index (χ1n) is 8.60. The molecular formula is C17H26N4O. The first-order valence-corrected chi connectivity index (χ1v) is 8.60. The molecule has 3 rings (SSSR count). The van der Waals surface area contributed by atoms with Crippen molar-refractivity contribution in [1.82, 2.24) is 14.9 Å². The van der Waals surface area contributed by atoms with Crippen molar-refractivity contribution in [1.29, 1.82) is 0 Å². The van der Waals surface area contributed by atoms with Crippen molar-refractivity contribution in [2.75, 3.05) is 31.1 Å². The van der Waals surface area contributed by atoms with Crippen LogP contribution in [0.15, 0.2) is 12.4 Å². The summed E-state index contributed by atoms with van der Waals surface area (Å²) in [5.74, 6) is 1.64. The number of amides is 1. The Hall–Kier alpha value is -1.65. The fraction of sp³-hybridized carbons (Fsp3) is 0.706. The molecule has 0 N–H and O–H groups in total. The minimum absolute atomic E-state index is 0.0840. The number of anilines is 1. The van der Waals surface area contributed by atoms with Gasteiger partial charge < -0.3 is 9.80 Å². The Kier molecular flexibility index (Phi) is 4.90. The normalized spacial score (nSPS) is 20.8. The fourth-order valence-corrected chi connectivity index (χ4v) is 3.26. The van der Waals surface area contributed by atoms with E-state index in [1.165, 1.54) is 25.7 Å². The maximum Gasteiger partial charge on any atom is 0.256 e. The molecule has 2 aliphatic heterocycles. The molecule has 0 spiro atoms. The average molecular weight is 302 g/mol. The molecule has 22 heavy (non-hydrogen) atoms. The summed E-state index contributed by atoms with van der Waals surface area (Å²) in [5, 5.41) is 0. The van der Waals surface area contributed by atoms with Crippen LogP contribution in [0.25, 0.3) is 0 Å². The highest BCUT2D eigenvalue weighted by Gasteiger charge is 2.20. The van der Waals surface area contributed by atoms with E-state index in [1.54, 1.807) is 12.4 Å². The van der Waals surface area contributed by atoms with Gasteiger partial charge in [-0.3, -0.25) is 4.79 Å². The molecule has 1 aromatic heterocycles. The Labute approximate surface area is 132 Å². The van der Waals surface area contributed by atoms with Gasteiger partial charge in [0, 0.05) is 38.6 Å². The van der Waals surface area contributed by atoms with Gasteiger partial charge in [-0.1, -0.05) is 19.8 Å². The van der Waals surface area contributed by atoms with Gasteiger partial charge in [0.25, 0.3) is 5.91 Å². The van der Waals surface area contributed by atoms with E-state index in [2.05, 4.69) is 21.8 Å². The summed E-state index contributed by atoms with van der Waals surface area (Å²) in [6.07, 6.45) is 10.5. The van der Waals surface area contributed by atoms with Gasteiger partial charge in [-0.05, 0) is 31.6 Å². The number of piperidine rings is 1. The highest BCUT2D eigenvalue weighted by Crippen LogP contribution is 2.20. The molecule has 0 aromatic carbocycles. The van der Waals surface area contributed by atoms with Crippen molar-refractivity contribution in [2.45, 2.75) is 45.4 Å². The highest BCUT2D eigenvalue weighted by atomic mass is 16.2. The van der Waals surface area contributed by atoms with Crippen LogP contribution in [0.3, 0.4) is 0 Å². The number of hydrogen-bond donors (Lipinski definition) is 0. The van der Waals surface area contributed by atoms with Gasteiger partial charge in [0.1, 0.15) is 0 Å². The molecule has 120 valence electrons. The van der Waals surface area contributed by atoms with Gasteiger partial charge in [0.15, 0.2) is 0 Å². The lowest BCUT2D eigenvalue weighted by atomic mass is 10.00. The molecule has 1 amide bonds. The Balaban J connectivity index is 1.64. The molecule has 5 nitrogen and oxygen atoms in total. The third kappa shape index (κ3) is 3.57. The van der Waals surface area contributed by atoms with E-state index in [1.807, 2.05) is 4.90 Å². The molecule has 0 atom stereocenters. The van der Waals surface area contributed by atoms with Crippen LogP contribution in [0, 0.1) is 5.92 Å². The highest BCUT2D eigenvalue weighted by molar-refractivity contribution is 5.93. The number of aromatic nitrogens is 2. The summed E-state index contributed by atoms with van der Waals surface area (Å²) >= 11 is 0. The van der Waals surface area contributed by atoms with Gasteiger partial charge in [-0.15, -0.1) is 0 Å². The zero-order valence-corrected chi connectivity index (χ0v) is 13.5. The Morgan fingerprint density at radius 3 is 2.18 bits per heavy atom. The Morgan fingerprint density at radius 2 is 1.59 bits per heavy atom. The molecule has 0 bridgehead atoms. The van der Waals surface area contributed by atoms with Gasteiger partial charge in [0.2, 0.25) is 5.95 Å². The van der Waals surface area contributed by atoms with E-state index in [0.29, 0.717) is 5.56 Å². The SMILES string of the molecule is CC1CCN(c2ncc(C(=O)N3CCCCCC3)cn2)CC1. The predicted octanol–water partition coefficient (Wildman–Crippen LogP) is 2.73. The van der Waals surface area contributed by atoms with Crippen LogP contribution in [-0.4, -0.2) is 47.0 Å². The minimum Gasteiger partial charge on any atom is -0.341 e. The molecule has 0 unspecified atom stereocenters. The second-order valence-electron chi connectivity index (χ2n) is 6.65. The Bertz CT molecular complexity index is 486. The Morgan fingerprint density at radius 1 is 1.00 bits per heavy atom. The van der Waals surface area contributed by atoms with Crippen LogP contribution < -0.4 is 4.90 Å². The van der Waals surface area contributed by atoms with Gasteiger partial charge in [0.05, 0.1) is 5.56 Å². The average Bonchev–Trinajstić information content (AvgIpc) is 2.84. The first kappa shape index (κ1) is 15.3. The van der Waals surface area contributed by atoms with Crippen molar-refractivity contribution in [2.24, 2.45) is 5.92 Å². The standard InChI is InChI=1S/C17H26N4O/c1-14-6-10-21(11-7-14)17-18-12-15(13-19-17)16(22)20-8-4-2-3-5-9-20/h12-14H,2-11H2,1H3. The van der Waals surface area contributed by atoms with Crippen molar-refractivity contribution in [3.05, 3.63) is 18.0 Å². The van der Waals surface area contributed by atoms with Crippen molar-refractivity contribution in [3.63, 3.8) is 0 Å². The van der Waals surface area contributed by atoms with E-state index in [4.69, 9.17) is 0 Å². The van der Waals surface area contributed by atoms with Crippen molar-refractivity contribution < 1.29 is 4.79 Å². The summed E-state index contributed by atoms with van der Waals surface area (Å²) in [6, 6.07) is 0. The maximum atomic E-state index is 12.5. The zero-order chi connectivity index (χ0) is 15.4. The molecular weight excluding hydrogens is 276 g/mol. The summed E-state index contributed by atoms with van der Waals surface area (Å²) in [5.41, 5.74) is 0.621. The predicted molar refractivity (Wildman–Crippen MR) is 87.0 cm³/mol. The second kappa shape index (κ2) is 7.07. The number of likely N-dealkylation sites (tertiary alicyclic amines) is 1. The van der Waals surface area contributed by atoms with Crippen LogP contribution in [0.5, 0.6) is 0 Å². The number of rotatable bonds is 2. The lowest BCUT2D eigenvalue weighted by Crippen LogP contribution is -2.34. The van der Waals surface area contributed by atoms with Gasteiger partial charge in [-0.25, -0.2) is 9.97 Å². The molecule has 3 heterocycles. The van der Waals surface area contributed by atoms with Crippen LogP contribution in [0.4, 0.5) is 5.95 Å². The second-order valence-corrected chi connectivity index (χ2v) is 6.65. The van der Waals surface area contributed by atoms with Crippen LogP contribution in [0.1, 0.15) is 55.8 Å². The molecule has 0 radical (unpaired) electrons. The molecule has 0 aliphatic carbocycles. The van der Waals surface area contributed by atoms with E-state index in [0.717, 1.165) is 50.9 Å². The monoisotopic (exact) mass is 302 g/mol. The molecule has 2 saturated heterocycles. The van der Waals surface area contributed by atoms with Gasteiger partial charge in [-0.2, -0.15) is 0 Å². The molecule has 0 saturated carbocycles. The maximum absolute atomic E-state index is 12.5. The number of nitrogens with zero attached hydrogens (tertiary/aromatic N) is 4. The molecule has 2 aliphatic rings. The fourth-order valence-electron chi connectivity index (χ4n) is 3.26. The van der Waals surface area contributed by atoms with Crippen LogP contribution in [-0.2, 0) is 0 Å². The topological polar surface area (TPSA) is 49.3 Å². The smallest absolute Gasteiger partial charge is 0.256 e. The third-order valence-corrected chi connectivity index (χ3v) is 4.84. The lowest BCUT2D eigenvalue weighted by Gasteiger charge is -2.30. The lowest BCUT2D eigenvalue weighted by molar-refractivity contribution is 0.0761. The summed E-state index contributed by atoms with van der Waals surface area (Å²) in [6.45, 7) is 6.05. The van der Waals surface area contributed by atoms with Gasteiger partial charge >= 0.3 is 0 Å². The van der Waals surface area contributed by atoms with E-state index in [-0.39, 0.29) is 5.91 Å². The number of hydrogen-bond acceptors (Lipinski definition) is 4. The van der Waals surface area contributed by atoms with E-state index < -0.39 is 0 Å². The number of carbonyl (C=O) groups excluding carboxylic acids is 1. The first-order chi connectivity index (χ1) is 10.7. The summed E-state index contributed by atoms with van der Waals surface area (Å²) in [7, 11) is 0. The quantitative estimate of drug-likeness (QED) is 0.843. The minimum atomic E-state index is 0.0840. The zero-order valence-electron chi connectivity index (χ0n) is 13.5. The molecule has 1 aromatic rings. The van der Waals surface area contributed by atoms with E-state index in [9.17, 15) is 4.79 Å². The van der Waals surface area contributed by atoms with Crippen molar-refractivity contribution in [3.8, 4) is 0 Å². The third-order valence-electron chi connectivity index (χ3n) is 4.84. The van der Waals surface area contributed by atoms with Crippen LogP contribution >= 0.6 is 0 Å². The summed E-state index contributed by atoms with van der Waals surface area (Å²) < 4.78 is 0.